The van der Waals surface area contributed by atoms with E-state index in [4.69, 9.17) is 4.74 Å². The number of ether oxygens (including phenoxy) is 1. The summed E-state index contributed by atoms with van der Waals surface area (Å²) in [5.74, 6) is 0.864. The highest BCUT2D eigenvalue weighted by atomic mass is 16.5. The Morgan fingerprint density at radius 3 is 2.85 bits per heavy atom. The molecule has 0 aromatic carbocycles. The molecule has 4 heteroatoms. The van der Waals surface area contributed by atoms with E-state index in [-0.39, 0.29) is 0 Å². The molecule has 0 aliphatic carbocycles. The van der Waals surface area contributed by atoms with Gasteiger partial charge in [0.15, 0.2) is 5.75 Å². The van der Waals surface area contributed by atoms with Crippen LogP contribution in [0.1, 0.15) is 19.5 Å². The van der Waals surface area contributed by atoms with Crippen molar-refractivity contribution in [3.8, 4) is 5.75 Å². The highest BCUT2D eigenvalue weighted by Crippen LogP contribution is 2.16. The Hall–Kier alpha value is -1.03. The van der Waals surface area contributed by atoms with Gasteiger partial charge in [0, 0.05) is 13.1 Å². The maximum Gasteiger partial charge on any atom is 0.161 e. The molecule has 0 amide bonds. The molecule has 1 rings (SSSR count). The van der Waals surface area contributed by atoms with Crippen LogP contribution in [0.15, 0.2) is 6.20 Å². The Morgan fingerprint density at radius 2 is 2.31 bits per heavy atom. The number of nitrogens with one attached hydrogen (secondary N) is 1. The van der Waals surface area contributed by atoms with E-state index in [2.05, 4.69) is 24.3 Å². The average molecular weight is 183 g/mol. The normalized spacial score (nSPS) is 10.4. The highest BCUT2D eigenvalue weighted by molar-refractivity contribution is 5.24. The van der Waals surface area contributed by atoms with Gasteiger partial charge in [0.2, 0.25) is 0 Å². The Bertz CT molecular complexity index is 236. The zero-order chi connectivity index (χ0) is 9.68. The molecule has 0 spiro atoms. The van der Waals surface area contributed by atoms with Crippen LogP contribution < -0.4 is 10.1 Å². The molecule has 0 saturated heterocycles. The van der Waals surface area contributed by atoms with Crippen LogP contribution in [0.2, 0.25) is 0 Å². The molecule has 13 heavy (non-hydrogen) atoms. The van der Waals surface area contributed by atoms with E-state index in [1.54, 1.807) is 13.3 Å². The standard InChI is InChI=1S/C9H17N3O/c1-4-10-6-8-9(13-3)7-11-12(8)5-2/h7,10H,4-6H2,1-3H3. The SMILES string of the molecule is CCNCc1c(OC)cnn1CC. The third kappa shape index (κ3) is 2.21. The number of nitrogens with zero attached hydrogens (tertiary/aromatic N) is 2. The lowest BCUT2D eigenvalue weighted by Gasteiger charge is -2.06. The van der Waals surface area contributed by atoms with Gasteiger partial charge < -0.3 is 10.1 Å². The van der Waals surface area contributed by atoms with Crippen LogP contribution in [0, 0.1) is 0 Å². The molecule has 1 N–H and O–H groups in total. The Kier molecular flexibility index (Phi) is 3.76. The summed E-state index contributed by atoms with van der Waals surface area (Å²) in [5.41, 5.74) is 1.12. The van der Waals surface area contributed by atoms with E-state index in [1.807, 2.05) is 4.68 Å². The molecule has 0 bridgehead atoms. The fraction of sp³-hybridized carbons (Fsp3) is 0.667. The summed E-state index contributed by atoms with van der Waals surface area (Å²) in [6, 6.07) is 0. The Balaban J connectivity index is 2.78. The molecular formula is C9H17N3O. The first-order valence-corrected chi connectivity index (χ1v) is 4.62. The van der Waals surface area contributed by atoms with Crippen molar-refractivity contribution in [3.05, 3.63) is 11.9 Å². The van der Waals surface area contributed by atoms with Gasteiger partial charge in [-0.1, -0.05) is 6.92 Å². The fourth-order valence-electron chi connectivity index (χ4n) is 1.26. The lowest BCUT2D eigenvalue weighted by molar-refractivity contribution is 0.405. The van der Waals surface area contributed by atoms with Crippen LogP contribution in [-0.4, -0.2) is 23.4 Å². The third-order valence-corrected chi connectivity index (χ3v) is 1.97. The lowest BCUT2D eigenvalue weighted by atomic mass is 10.4. The number of hydrogen-bond acceptors (Lipinski definition) is 3. The minimum Gasteiger partial charge on any atom is -0.493 e. The third-order valence-electron chi connectivity index (χ3n) is 1.97. The van der Waals surface area contributed by atoms with E-state index >= 15 is 0 Å². The van der Waals surface area contributed by atoms with Crippen molar-refractivity contribution in [1.29, 1.82) is 0 Å². The van der Waals surface area contributed by atoms with E-state index in [0.29, 0.717) is 0 Å². The van der Waals surface area contributed by atoms with Crippen LogP contribution in [0.5, 0.6) is 5.75 Å². The molecule has 0 fully saturated rings. The molecule has 0 saturated carbocycles. The molecule has 1 aromatic rings. The minimum absolute atomic E-state index is 0.813. The topological polar surface area (TPSA) is 39.1 Å². The number of aromatic nitrogens is 2. The van der Waals surface area contributed by atoms with Crippen molar-refractivity contribution >= 4 is 0 Å². The molecular weight excluding hydrogens is 166 g/mol. The van der Waals surface area contributed by atoms with Gasteiger partial charge in [0.05, 0.1) is 19.0 Å². The summed E-state index contributed by atoms with van der Waals surface area (Å²) in [6.07, 6.45) is 1.76. The summed E-state index contributed by atoms with van der Waals surface area (Å²) >= 11 is 0. The summed E-state index contributed by atoms with van der Waals surface area (Å²) in [6.45, 7) is 6.80. The van der Waals surface area contributed by atoms with Gasteiger partial charge in [-0.15, -0.1) is 0 Å². The van der Waals surface area contributed by atoms with E-state index in [9.17, 15) is 0 Å². The summed E-state index contributed by atoms with van der Waals surface area (Å²) in [7, 11) is 1.67. The van der Waals surface area contributed by atoms with Crippen LogP contribution >= 0.6 is 0 Å². The van der Waals surface area contributed by atoms with Crippen LogP contribution in [0.4, 0.5) is 0 Å². The Morgan fingerprint density at radius 1 is 1.54 bits per heavy atom. The molecule has 1 aromatic heterocycles. The fourth-order valence-corrected chi connectivity index (χ4v) is 1.26. The number of rotatable bonds is 5. The first kappa shape index (κ1) is 10.1. The smallest absolute Gasteiger partial charge is 0.161 e. The van der Waals surface area contributed by atoms with Crippen molar-refractivity contribution in [3.63, 3.8) is 0 Å². The van der Waals surface area contributed by atoms with Gasteiger partial charge in [-0.25, -0.2) is 0 Å². The van der Waals surface area contributed by atoms with Crippen LogP contribution in [-0.2, 0) is 13.1 Å². The zero-order valence-corrected chi connectivity index (χ0v) is 8.50. The second-order valence-corrected chi connectivity index (χ2v) is 2.76. The summed E-state index contributed by atoms with van der Waals surface area (Å²) in [5, 5.41) is 7.47. The quantitative estimate of drug-likeness (QED) is 0.740. The van der Waals surface area contributed by atoms with Crippen molar-refractivity contribution in [2.75, 3.05) is 13.7 Å². The summed E-state index contributed by atoms with van der Waals surface area (Å²) in [4.78, 5) is 0. The average Bonchev–Trinajstić information content (AvgIpc) is 2.56. The van der Waals surface area contributed by atoms with Crippen LogP contribution in [0.3, 0.4) is 0 Å². The number of methoxy groups -OCH3 is 1. The second kappa shape index (κ2) is 4.87. The highest BCUT2D eigenvalue weighted by Gasteiger charge is 2.08. The predicted molar refractivity (Wildman–Crippen MR) is 51.8 cm³/mol. The maximum absolute atomic E-state index is 5.20. The molecule has 0 atom stereocenters. The first-order valence-electron chi connectivity index (χ1n) is 4.62. The van der Waals surface area contributed by atoms with Crippen molar-refractivity contribution in [1.82, 2.24) is 15.1 Å². The molecule has 0 radical (unpaired) electrons. The Labute approximate surface area is 78.9 Å². The lowest BCUT2D eigenvalue weighted by Crippen LogP contribution is -2.16. The molecule has 1 heterocycles. The number of aryl methyl sites for hydroxylation is 1. The molecule has 0 unspecified atom stereocenters. The van der Waals surface area contributed by atoms with Crippen molar-refractivity contribution in [2.45, 2.75) is 26.9 Å². The van der Waals surface area contributed by atoms with Gasteiger partial charge in [-0.3, -0.25) is 4.68 Å². The van der Waals surface area contributed by atoms with Crippen molar-refractivity contribution in [2.24, 2.45) is 0 Å². The molecule has 0 aliphatic rings. The number of hydrogen-bond donors (Lipinski definition) is 1. The largest absolute Gasteiger partial charge is 0.493 e. The van der Waals surface area contributed by atoms with Gasteiger partial charge in [-0.2, -0.15) is 5.10 Å². The van der Waals surface area contributed by atoms with E-state index in [0.717, 1.165) is 31.1 Å². The van der Waals surface area contributed by atoms with Gasteiger partial charge in [0.1, 0.15) is 0 Å². The molecule has 74 valence electrons. The predicted octanol–water partition coefficient (Wildman–Crippen LogP) is 1.02. The summed E-state index contributed by atoms with van der Waals surface area (Å²) < 4.78 is 7.15. The van der Waals surface area contributed by atoms with Crippen LogP contribution in [0.25, 0.3) is 0 Å². The van der Waals surface area contributed by atoms with Crippen molar-refractivity contribution < 1.29 is 4.74 Å². The second-order valence-electron chi connectivity index (χ2n) is 2.76. The van der Waals surface area contributed by atoms with Gasteiger partial charge >= 0.3 is 0 Å². The first-order chi connectivity index (χ1) is 6.33. The van der Waals surface area contributed by atoms with Gasteiger partial charge in [0.25, 0.3) is 0 Å². The minimum atomic E-state index is 0.813. The monoisotopic (exact) mass is 183 g/mol. The maximum atomic E-state index is 5.20. The zero-order valence-electron chi connectivity index (χ0n) is 8.50. The molecule has 4 nitrogen and oxygen atoms in total. The van der Waals surface area contributed by atoms with E-state index in [1.165, 1.54) is 0 Å². The molecule has 0 aliphatic heterocycles. The van der Waals surface area contributed by atoms with Gasteiger partial charge in [-0.05, 0) is 13.5 Å². The van der Waals surface area contributed by atoms with E-state index < -0.39 is 0 Å².